The predicted octanol–water partition coefficient (Wildman–Crippen LogP) is 9.67. The summed E-state index contributed by atoms with van der Waals surface area (Å²) in [7, 11) is 2.15. The molecule has 0 saturated carbocycles. The zero-order valence-corrected chi connectivity index (χ0v) is 23.0. The van der Waals surface area contributed by atoms with Crippen LogP contribution in [0.3, 0.4) is 0 Å². The Bertz CT molecular complexity index is 1560. The lowest BCUT2D eigenvalue weighted by Crippen LogP contribution is -2.04. The summed E-state index contributed by atoms with van der Waals surface area (Å²) in [6, 6.07) is 25.2. The minimum atomic E-state index is 1.02. The summed E-state index contributed by atoms with van der Waals surface area (Å²) in [6.45, 7) is 6.12. The van der Waals surface area contributed by atoms with Crippen molar-refractivity contribution in [3.63, 3.8) is 0 Å². The highest BCUT2D eigenvalue weighted by Gasteiger charge is 2.21. The van der Waals surface area contributed by atoms with Gasteiger partial charge in [0.1, 0.15) is 0 Å². The summed E-state index contributed by atoms with van der Waals surface area (Å²) >= 11 is 0. The molecule has 2 nitrogen and oxygen atoms in total. The predicted molar refractivity (Wildman–Crippen MR) is 169 cm³/mol. The topological polar surface area (TPSA) is 17.8 Å². The van der Waals surface area contributed by atoms with Crippen LogP contribution < -0.4 is 0 Å². The van der Waals surface area contributed by atoms with Crippen LogP contribution in [0.15, 0.2) is 110 Å². The number of pyridine rings is 1. The summed E-state index contributed by atoms with van der Waals surface area (Å²) in [6.07, 6.45) is 21.7. The van der Waals surface area contributed by atoms with Gasteiger partial charge >= 0.3 is 0 Å². The molecule has 2 aromatic carbocycles. The Kier molecular flexibility index (Phi) is 8.33. The Balaban J connectivity index is 0.000000214. The highest BCUT2D eigenvalue weighted by atomic mass is 15.0. The van der Waals surface area contributed by atoms with E-state index in [-0.39, 0.29) is 0 Å². The first-order valence-corrected chi connectivity index (χ1v) is 13.8. The molecule has 2 aliphatic rings. The second-order valence-electron chi connectivity index (χ2n) is 9.89. The number of benzene rings is 2. The van der Waals surface area contributed by atoms with Crippen LogP contribution >= 0.6 is 0 Å². The Morgan fingerprint density at radius 2 is 1.62 bits per heavy atom. The van der Waals surface area contributed by atoms with Gasteiger partial charge in [0.2, 0.25) is 0 Å². The average Bonchev–Trinajstić information content (AvgIpc) is 3.28. The molecule has 2 aliphatic carbocycles. The summed E-state index contributed by atoms with van der Waals surface area (Å²) < 4.78 is 2.31. The molecule has 194 valence electrons. The fourth-order valence-electron chi connectivity index (χ4n) is 5.42. The van der Waals surface area contributed by atoms with Crippen molar-refractivity contribution in [2.45, 2.75) is 32.6 Å². The molecule has 0 spiro atoms. The third kappa shape index (κ3) is 5.86. The van der Waals surface area contributed by atoms with Crippen LogP contribution in [-0.4, -0.2) is 9.55 Å². The number of rotatable bonds is 5. The molecule has 0 fully saturated rings. The fourth-order valence-corrected chi connectivity index (χ4v) is 5.42. The van der Waals surface area contributed by atoms with E-state index in [9.17, 15) is 0 Å². The van der Waals surface area contributed by atoms with Gasteiger partial charge in [-0.2, -0.15) is 0 Å². The van der Waals surface area contributed by atoms with Crippen molar-refractivity contribution in [1.29, 1.82) is 0 Å². The van der Waals surface area contributed by atoms with E-state index >= 15 is 0 Å². The van der Waals surface area contributed by atoms with Gasteiger partial charge in [-0.05, 0) is 79.2 Å². The molecular formula is C37H36N2. The lowest BCUT2D eigenvalue weighted by atomic mass is 9.90. The van der Waals surface area contributed by atoms with Crippen LogP contribution in [0, 0.1) is 0 Å². The van der Waals surface area contributed by atoms with Crippen LogP contribution in [0.25, 0.3) is 40.6 Å². The van der Waals surface area contributed by atoms with E-state index in [1.165, 1.54) is 57.6 Å². The van der Waals surface area contributed by atoms with Crippen molar-refractivity contribution in [1.82, 2.24) is 9.55 Å². The van der Waals surface area contributed by atoms with Crippen molar-refractivity contribution in [2.75, 3.05) is 0 Å². The van der Waals surface area contributed by atoms with Crippen molar-refractivity contribution in [3.8, 4) is 11.3 Å². The van der Waals surface area contributed by atoms with E-state index in [0.29, 0.717) is 0 Å². The zero-order chi connectivity index (χ0) is 27.0. The van der Waals surface area contributed by atoms with Gasteiger partial charge in [0.25, 0.3) is 0 Å². The van der Waals surface area contributed by atoms with Crippen molar-refractivity contribution in [2.24, 2.45) is 7.05 Å². The summed E-state index contributed by atoms with van der Waals surface area (Å²) in [4.78, 5) is 4.57. The van der Waals surface area contributed by atoms with E-state index in [4.69, 9.17) is 0 Å². The number of hydrogen-bond donors (Lipinski definition) is 0. The molecule has 4 aromatic rings. The fraction of sp³-hybridized carbons (Fsp3) is 0.162. The van der Waals surface area contributed by atoms with Crippen molar-refractivity contribution < 1.29 is 0 Å². The number of aromatic nitrogens is 2. The number of fused-ring (bicyclic) bond motifs is 1. The zero-order valence-electron chi connectivity index (χ0n) is 23.0. The molecule has 2 heterocycles. The number of allylic oxidation sites excluding steroid dienone is 6. The molecule has 0 radical (unpaired) electrons. The van der Waals surface area contributed by atoms with Crippen molar-refractivity contribution in [3.05, 3.63) is 144 Å². The molecule has 39 heavy (non-hydrogen) atoms. The third-order valence-corrected chi connectivity index (χ3v) is 7.42. The SMILES string of the molecule is C1=CC(c2ccccc2)=CCC1.C=Cc1c2c(n(C)c1/C=C\C)CCC(c1ccnc(-c3ccccc3)c1)=C2. The average molecular weight is 509 g/mol. The van der Waals surface area contributed by atoms with Crippen LogP contribution in [-0.2, 0) is 13.5 Å². The number of hydrogen-bond acceptors (Lipinski definition) is 1. The van der Waals surface area contributed by atoms with Gasteiger partial charge < -0.3 is 4.57 Å². The highest BCUT2D eigenvalue weighted by molar-refractivity contribution is 5.89. The molecule has 2 heteroatoms. The maximum absolute atomic E-state index is 4.57. The summed E-state index contributed by atoms with van der Waals surface area (Å²) in [5, 5.41) is 0. The molecular weight excluding hydrogens is 472 g/mol. The van der Waals surface area contributed by atoms with Crippen LogP contribution in [0.4, 0.5) is 0 Å². The highest BCUT2D eigenvalue weighted by Crippen LogP contribution is 2.36. The molecule has 0 aliphatic heterocycles. The maximum atomic E-state index is 4.57. The van der Waals surface area contributed by atoms with Gasteiger partial charge in [-0.25, -0.2) is 0 Å². The van der Waals surface area contributed by atoms with E-state index in [0.717, 1.165) is 24.1 Å². The standard InChI is InChI=1S/C25H24N2.C12H12/c1-4-9-24-21(5-2)22-16-19(12-13-25(22)27(24)3)20-14-15-26-23(17-20)18-10-7-6-8-11-18;1-3-7-11(8-4-1)12-9-5-2-6-10-12/h4-11,14-17H,2,12-13H2,1,3H3;1,3-5,7-10H,2,6H2/b9-4-;. The molecule has 0 bridgehead atoms. The molecule has 0 atom stereocenters. The van der Waals surface area contributed by atoms with Gasteiger partial charge in [-0.1, -0.05) is 97.6 Å². The van der Waals surface area contributed by atoms with E-state index in [2.05, 4.69) is 133 Å². The summed E-state index contributed by atoms with van der Waals surface area (Å²) in [5.74, 6) is 0. The Hall–Kier alpha value is -4.43. The van der Waals surface area contributed by atoms with Crippen LogP contribution in [0.5, 0.6) is 0 Å². The third-order valence-electron chi connectivity index (χ3n) is 7.42. The molecule has 0 unspecified atom stereocenters. The second kappa shape index (κ2) is 12.4. The summed E-state index contributed by atoms with van der Waals surface area (Å²) in [5.41, 5.74) is 12.6. The largest absolute Gasteiger partial charge is 0.347 e. The second-order valence-corrected chi connectivity index (χ2v) is 9.89. The lowest BCUT2D eigenvalue weighted by molar-refractivity contribution is 0.802. The number of nitrogens with zero attached hydrogens (tertiary/aromatic N) is 2. The van der Waals surface area contributed by atoms with E-state index < -0.39 is 0 Å². The van der Waals surface area contributed by atoms with Gasteiger partial charge in [0, 0.05) is 41.3 Å². The van der Waals surface area contributed by atoms with Gasteiger partial charge in [-0.15, -0.1) is 0 Å². The molecule has 0 amide bonds. The van der Waals surface area contributed by atoms with Crippen molar-refractivity contribution >= 4 is 29.4 Å². The Morgan fingerprint density at radius 1 is 0.872 bits per heavy atom. The Labute approximate surface area is 233 Å². The van der Waals surface area contributed by atoms with Gasteiger partial charge in [-0.3, -0.25) is 4.98 Å². The first-order chi connectivity index (χ1) is 19.2. The van der Waals surface area contributed by atoms with Gasteiger partial charge in [0.05, 0.1) is 5.69 Å². The normalized spacial score (nSPS) is 14.2. The Morgan fingerprint density at radius 3 is 2.28 bits per heavy atom. The molecule has 0 saturated heterocycles. The molecule has 6 rings (SSSR count). The van der Waals surface area contributed by atoms with Crippen LogP contribution in [0.1, 0.15) is 59.8 Å². The minimum absolute atomic E-state index is 1.02. The molecule has 2 aromatic heterocycles. The van der Waals surface area contributed by atoms with E-state index in [1.54, 1.807) is 0 Å². The quantitative estimate of drug-likeness (QED) is 0.262. The monoisotopic (exact) mass is 508 g/mol. The smallest absolute Gasteiger partial charge is 0.0708 e. The molecule has 0 N–H and O–H groups in total. The first kappa shape index (κ1) is 26.2. The lowest BCUT2D eigenvalue weighted by Gasteiger charge is -2.16. The van der Waals surface area contributed by atoms with E-state index in [1.807, 2.05) is 18.3 Å². The maximum Gasteiger partial charge on any atom is 0.0708 e. The minimum Gasteiger partial charge on any atom is -0.347 e. The van der Waals surface area contributed by atoms with Crippen LogP contribution in [0.2, 0.25) is 0 Å². The first-order valence-electron chi connectivity index (χ1n) is 13.8. The van der Waals surface area contributed by atoms with Gasteiger partial charge in [0.15, 0.2) is 0 Å².